The van der Waals surface area contributed by atoms with Crippen LogP contribution in [-0.4, -0.2) is 32.9 Å². The number of ketones is 1. The Morgan fingerprint density at radius 3 is 2.67 bits per heavy atom. The van der Waals surface area contributed by atoms with Crippen LogP contribution in [0.4, 0.5) is 0 Å². The number of carboxylic acid groups (broad SMARTS) is 1. The van der Waals surface area contributed by atoms with E-state index in [0.29, 0.717) is 12.8 Å². The Balaban J connectivity index is 2.61. The van der Waals surface area contributed by atoms with E-state index in [1.807, 2.05) is 0 Å². The first-order valence-corrected chi connectivity index (χ1v) is 10.1. The molecule has 0 aromatic carbocycles. The third-order valence-corrected chi connectivity index (χ3v) is 5.32. The minimum atomic E-state index is -2.80. The summed E-state index contributed by atoms with van der Waals surface area (Å²) in [5.41, 5.74) is 2.85. The van der Waals surface area contributed by atoms with Gasteiger partial charge in [-0.15, -0.1) is 5.73 Å². The molecule has 1 aliphatic rings. The van der Waals surface area contributed by atoms with Crippen LogP contribution in [0.25, 0.3) is 0 Å². The lowest BCUT2D eigenvalue weighted by Crippen LogP contribution is -2.44. The largest absolute Gasteiger partial charge is 0.477 e. The fraction of sp³-hybridized carbons (Fsp3) is 0.682. The van der Waals surface area contributed by atoms with E-state index >= 15 is 0 Å². The molecule has 0 amide bonds. The number of rotatable bonds is 12. The maximum absolute atomic E-state index is 12.1. The number of Topliss-reactive ketones (excluding diaryl/α,β-unsaturated/α-hetero) is 1. The van der Waals surface area contributed by atoms with E-state index in [0.717, 1.165) is 12.8 Å². The Labute approximate surface area is 162 Å². The zero-order chi connectivity index (χ0) is 20.3. The van der Waals surface area contributed by atoms with Crippen molar-refractivity contribution >= 4 is 11.8 Å². The molecule has 27 heavy (non-hydrogen) atoms. The number of carbonyl (C=O) groups is 2. The average molecular weight is 379 g/mol. The lowest BCUT2D eigenvalue weighted by molar-refractivity contribution is -0.216. The van der Waals surface area contributed by atoms with Crippen molar-refractivity contribution < 1.29 is 24.9 Å². The minimum Gasteiger partial charge on any atom is -0.477 e. The number of unbranched alkanes of at least 4 members (excludes halogenated alkanes) is 4. The summed E-state index contributed by atoms with van der Waals surface area (Å²) in [5.74, 6) is -5.00. The number of hydrogen-bond acceptors (Lipinski definition) is 4. The van der Waals surface area contributed by atoms with Crippen molar-refractivity contribution in [2.75, 3.05) is 0 Å². The normalized spacial score (nSPS) is 21.3. The highest BCUT2D eigenvalue weighted by molar-refractivity contribution is 5.83. The van der Waals surface area contributed by atoms with Crippen LogP contribution in [0, 0.1) is 17.8 Å². The van der Waals surface area contributed by atoms with Gasteiger partial charge < -0.3 is 15.3 Å². The molecule has 0 heterocycles. The predicted molar refractivity (Wildman–Crippen MR) is 105 cm³/mol. The van der Waals surface area contributed by atoms with E-state index in [1.165, 1.54) is 31.8 Å². The van der Waals surface area contributed by atoms with E-state index < -0.39 is 17.7 Å². The lowest BCUT2D eigenvalue weighted by atomic mass is 9.91. The fourth-order valence-corrected chi connectivity index (χ4v) is 3.49. The number of aliphatic carboxylic acids is 1. The van der Waals surface area contributed by atoms with Gasteiger partial charge in [-0.2, -0.15) is 0 Å². The zero-order valence-corrected chi connectivity index (χ0v) is 16.6. The Morgan fingerprint density at radius 2 is 2.04 bits per heavy atom. The topological polar surface area (TPSA) is 94.8 Å². The molecule has 0 aromatic heterocycles. The van der Waals surface area contributed by atoms with Gasteiger partial charge >= 0.3 is 5.97 Å². The van der Waals surface area contributed by atoms with Crippen LogP contribution >= 0.6 is 0 Å². The molecule has 0 aliphatic heterocycles. The highest BCUT2D eigenvalue weighted by Crippen LogP contribution is 2.32. The van der Waals surface area contributed by atoms with Crippen molar-refractivity contribution in [3.8, 4) is 0 Å². The minimum absolute atomic E-state index is 0.0645. The molecule has 1 unspecified atom stereocenters. The first-order chi connectivity index (χ1) is 12.8. The van der Waals surface area contributed by atoms with Gasteiger partial charge in [0, 0.05) is 18.3 Å². The molecule has 0 radical (unpaired) electrons. The molecule has 0 saturated heterocycles. The van der Waals surface area contributed by atoms with Gasteiger partial charge in [0.1, 0.15) is 5.78 Å². The van der Waals surface area contributed by atoms with Crippen LogP contribution in [0.15, 0.2) is 30.0 Å². The number of allylic oxidation sites excluding steroid dienone is 2. The first-order valence-electron chi connectivity index (χ1n) is 10.1. The fourth-order valence-electron chi connectivity index (χ4n) is 3.49. The van der Waals surface area contributed by atoms with Gasteiger partial charge in [0.2, 0.25) is 0 Å². The molecule has 0 aromatic rings. The molecule has 5 heteroatoms. The highest BCUT2D eigenvalue weighted by atomic mass is 16.5. The third-order valence-electron chi connectivity index (χ3n) is 5.32. The standard InChI is InChI=1S/C22H34O5/c1-3-5-6-7-8-9-12-17-15-16-20(23)19(17)14-11-10-13-18(4-2)22(26,27)21(24)25/h9,11-13,17-19,26-27H,3-8,14-16H2,1-2H3,(H,24,25)/t10?,17-,18?,19+/m0/s1. The molecule has 0 bridgehead atoms. The van der Waals surface area contributed by atoms with Crippen LogP contribution in [0.1, 0.15) is 71.6 Å². The predicted octanol–water partition coefficient (Wildman–Crippen LogP) is 4.00. The van der Waals surface area contributed by atoms with Crippen molar-refractivity contribution in [3.05, 3.63) is 30.0 Å². The summed E-state index contributed by atoms with van der Waals surface area (Å²) in [7, 11) is 0. The molecule has 1 fully saturated rings. The van der Waals surface area contributed by atoms with E-state index in [4.69, 9.17) is 5.11 Å². The summed E-state index contributed by atoms with van der Waals surface area (Å²) < 4.78 is 0. The Bertz CT molecular complexity index is 569. The summed E-state index contributed by atoms with van der Waals surface area (Å²) in [4.78, 5) is 23.1. The molecule has 1 rings (SSSR count). The molecule has 1 saturated carbocycles. The summed E-state index contributed by atoms with van der Waals surface area (Å²) in [6, 6.07) is 0. The van der Waals surface area contributed by atoms with Gasteiger partial charge in [0.05, 0.1) is 0 Å². The lowest BCUT2D eigenvalue weighted by Gasteiger charge is -2.22. The summed E-state index contributed by atoms with van der Waals surface area (Å²) in [5, 5.41) is 28.1. The third kappa shape index (κ3) is 7.45. The van der Waals surface area contributed by atoms with Crippen LogP contribution in [-0.2, 0) is 9.59 Å². The first kappa shape index (κ1) is 23.4. The van der Waals surface area contributed by atoms with E-state index in [9.17, 15) is 19.8 Å². The Hall–Kier alpha value is -1.68. The second-order valence-electron chi connectivity index (χ2n) is 7.37. The molecular formula is C22H34O5. The van der Waals surface area contributed by atoms with E-state index in [2.05, 4.69) is 24.8 Å². The summed E-state index contributed by atoms with van der Waals surface area (Å²) in [6.45, 7) is 3.87. The van der Waals surface area contributed by atoms with Gasteiger partial charge in [0.25, 0.3) is 5.79 Å². The number of carboxylic acids is 1. The van der Waals surface area contributed by atoms with Gasteiger partial charge in [-0.05, 0) is 50.2 Å². The SMILES string of the molecule is CCCCCCC=C[C@H]1CCC(=O)[C@@H]1CC=C=CC(CC)C(O)(O)C(=O)O. The van der Waals surface area contributed by atoms with Gasteiger partial charge in [-0.3, -0.25) is 4.79 Å². The van der Waals surface area contributed by atoms with Crippen molar-refractivity contribution in [2.24, 2.45) is 17.8 Å². The second kappa shape index (κ2) is 11.9. The van der Waals surface area contributed by atoms with Crippen LogP contribution in [0.5, 0.6) is 0 Å². The Kier molecular flexibility index (Phi) is 10.3. The number of hydrogen-bond donors (Lipinski definition) is 3. The van der Waals surface area contributed by atoms with E-state index in [-0.39, 0.29) is 24.0 Å². The molecule has 1 aliphatic carbocycles. The molecule has 0 spiro atoms. The van der Waals surface area contributed by atoms with Crippen molar-refractivity contribution in [2.45, 2.75) is 77.4 Å². The van der Waals surface area contributed by atoms with Gasteiger partial charge in [-0.25, -0.2) is 4.79 Å². The van der Waals surface area contributed by atoms with E-state index in [1.54, 1.807) is 13.0 Å². The van der Waals surface area contributed by atoms with Crippen LogP contribution in [0.3, 0.4) is 0 Å². The number of aliphatic hydroxyl groups is 2. The molecule has 5 nitrogen and oxygen atoms in total. The maximum atomic E-state index is 12.1. The monoisotopic (exact) mass is 378 g/mol. The highest BCUT2D eigenvalue weighted by Gasteiger charge is 2.40. The summed E-state index contributed by atoms with van der Waals surface area (Å²) in [6.07, 6.45) is 15.7. The molecular weight excluding hydrogens is 344 g/mol. The molecule has 3 atom stereocenters. The average Bonchev–Trinajstić information content (AvgIpc) is 2.97. The summed E-state index contributed by atoms with van der Waals surface area (Å²) >= 11 is 0. The second-order valence-corrected chi connectivity index (χ2v) is 7.37. The maximum Gasteiger partial charge on any atom is 0.364 e. The zero-order valence-electron chi connectivity index (χ0n) is 16.6. The smallest absolute Gasteiger partial charge is 0.364 e. The Morgan fingerprint density at radius 1 is 1.30 bits per heavy atom. The quantitative estimate of drug-likeness (QED) is 0.206. The van der Waals surface area contributed by atoms with Crippen molar-refractivity contribution in [3.63, 3.8) is 0 Å². The van der Waals surface area contributed by atoms with Gasteiger partial charge in [-0.1, -0.05) is 45.3 Å². The number of carbonyl (C=O) groups excluding carboxylic acids is 1. The van der Waals surface area contributed by atoms with Crippen molar-refractivity contribution in [1.82, 2.24) is 0 Å². The van der Waals surface area contributed by atoms with Crippen molar-refractivity contribution in [1.29, 1.82) is 0 Å². The van der Waals surface area contributed by atoms with Crippen LogP contribution < -0.4 is 0 Å². The molecule has 152 valence electrons. The van der Waals surface area contributed by atoms with Gasteiger partial charge in [0.15, 0.2) is 0 Å². The van der Waals surface area contributed by atoms with Crippen LogP contribution in [0.2, 0.25) is 0 Å². The molecule has 3 N–H and O–H groups in total.